The molecule has 0 aliphatic carbocycles. The van der Waals surface area contributed by atoms with E-state index >= 15 is 0 Å². The second kappa shape index (κ2) is 6.87. The molecule has 0 fully saturated rings. The van der Waals surface area contributed by atoms with Crippen molar-refractivity contribution in [3.63, 3.8) is 0 Å². The van der Waals surface area contributed by atoms with Crippen LogP contribution in [0.15, 0.2) is 58.3 Å². The van der Waals surface area contributed by atoms with Gasteiger partial charge in [0, 0.05) is 17.6 Å². The van der Waals surface area contributed by atoms with Gasteiger partial charge in [0.05, 0.1) is 18.1 Å². The second-order valence-electron chi connectivity index (χ2n) is 4.56. The standard InChI is InChI=1S/C16H12N4OS/c17-10-12-4-6-13(7-5-12)11-22-16-20-19-15(21-16)9-14-3-1-2-8-18-14/h1-8H,9,11H2. The first kappa shape index (κ1) is 14.3. The van der Waals surface area contributed by atoms with Crippen LogP contribution in [0.5, 0.6) is 0 Å². The average Bonchev–Trinajstić information content (AvgIpc) is 3.02. The summed E-state index contributed by atoms with van der Waals surface area (Å²) in [6, 6.07) is 15.3. The Morgan fingerprint density at radius 2 is 1.95 bits per heavy atom. The van der Waals surface area contributed by atoms with Crippen molar-refractivity contribution in [1.82, 2.24) is 15.2 Å². The number of rotatable bonds is 5. The first-order chi connectivity index (χ1) is 10.8. The van der Waals surface area contributed by atoms with E-state index < -0.39 is 0 Å². The summed E-state index contributed by atoms with van der Waals surface area (Å²) in [5.74, 6) is 1.28. The highest BCUT2D eigenvalue weighted by Gasteiger charge is 2.08. The molecule has 0 spiro atoms. The van der Waals surface area contributed by atoms with E-state index in [1.54, 1.807) is 18.3 Å². The Morgan fingerprint density at radius 3 is 2.68 bits per heavy atom. The van der Waals surface area contributed by atoms with Gasteiger partial charge in [-0.3, -0.25) is 4.98 Å². The molecule has 22 heavy (non-hydrogen) atoms. The van der Waals surface area contributed by atoms with E-state index in [9.17, 15) is 0 Å². The second-order valence-corrected chi connectivity index (χ2v) is 5.48. The molecule has 2 heterocycles. The smallest absolute Gasteiger partial charge is 0.276 e. The molecule has 0 unspecified atom stereocenters. The molecule has 0 aliphatic rings. The third-order valence-corrected chi connectivity index (χ3v) is 3.84. The quantitative estimate of drug-likeness (QED) is 0.674. The van der Waals surface area contributed by atoms with Gasteiger partial charge in [-0.25, -0.2) is 0 Å². The van der Waals surface area contributed by atoms with Gasteiger partial charge >= 0.3 is 0 Å². The van der Waals surface area contributed by atoms with E-state index in [1.807, 2.05) is 30.3 Å². The fourth-order valence-corrected chi connectivity index (χ4v) is 2.58. The van der Waals surface area contributed by atoms with Gasteiger partial charge in [-0.05, 0) is 29.8 Å². The predicted molar refractivity (Wildman–Crippen MR) is 82.1 cm³/mol. The van der Waals surface area contributed by atoms with Crippen molar-refractivity contribution in [3.8, 4) is 6.07 Å². The van der Waals surface area contributed by atoms with E-state index in [2.05, 4.69) is 21.3 Å². The molecule has 5 nitrogen and oxygen atoms in total. The number of hydrogen-bond donors (Lipinski definition) is 0. The maximum Gasteiger partial charge on any atom is 0.276 e. The van der Waals surface area contributed by atoms with Crippen LogP contribution < -0.4 is 0 Å². The summed E-state index contributed by atoms with van der Waals surface area (Å²) < 4.78 is 5.60. The average molecular weight is 308 g/mol. The Kier molecular flexibility index (Phi) is 4.47. The highest BCUT2D eigenvalue weighted by molar-refractivity contribution is 7.98. The first-order valence-corrected chi connectivity index (χ1v) is 7.66. The van der Waals surface area contributed by atoms with Crippen LogP contribution in [0, 0.1) is 11.3 Å². The van der Waals surface area contributed by atoms with Crippen LogP contribution in [-0.4, -0.2) is 15.2 Å². The topological polar surface area (TPSA) is 75.6 Å². The molecular weight excluding hydrogens is 296 g/mol. The van der Waals surface area contributed by atoms with E-state index in [4.69, 9.17) is 9.68 Å². The number of benzene rings is 1. The molecule has 0 amide bonds. The van der Waals surface area contributed by atoms with Crippen LogP contribution in [0.4, 0.5) is 0 Å². The number of aromatic nitrogens is 3. The van der Waals surface area contributed by atoms with Crippen molar-refractivity contribution in [2.75, 3.05) is 0 Å². The SMILES string of the molecule is N#Cc1ccc(CSc2nnc(Cc3ccccn3)o2)cc1. The monoisotopic (exact) mass is 308 g/mol. The Labute approximate surface area is 132 Å². The maximum absolute atomic E-state index is 8.77. The number of pyridine rings is 1. The number of thioether (sulfide) groups is 1. The minimum absolute atomic E-state index is 0.533. The van der Waals surface area contributed by atoms with Gasteiger partial charge in [0.1, 0.15) is 0 Å². The zero-order valence-electron chi connectivity index (χ0n) is 11.6. The number of nitrogens with zero attached hydrogens (tertiary/aromatic N) is 4. The number of hydrogen-bond acceptors (Lipinski definition) is 6. The normalized spacial score (nSPS) is 10.3. The highest BCUT2D eigenvalue weighted by Crippen LogP contribution is 2.22. The van der Waals surface area contributed by atoms with Gasteiger partial charge in [-0.1, -0.05) is 30.0 Å². The fraction of sp³-hybridized carbons (Fsp3) is 0.125. The summed E-state index contributed by atoms with van der Waals surface area (Å²) in [6.07, 6.45) is 2.28. The lowest BCUT2D eigenvalue weighted by Gasteiger charge is -1.98. The van der Waals surface area contributed by atoms with Crippen LogP contribution in [0.2, 0.25) is 0 Å². The van der Waals surface area contributed by atoms with Crippen molar-refractivity contribution in [1.29, 1.82) is 5.26 Å². The third kappa shape index (κ3) is 3.71. The zero-order valence-corrected chi connectivity index (χ0v) is 12.5. The summed E-state index contributed by atoms with van der Waals surface area (Å²) in [4.78, 5) is 4.23. The van der Waals surface area contributed by atoms with Crippen molar-refractivity contribution < 1.29 is 4.42 Å². The lowest BCUT2D eigenvalue weighted by molar-refractivity contribution is 0.419. The minimum atomic E-state index is 0.533. The molecule has 1 aromatic carbocycles. The maximum atomic E-state index is 8.77. The first-order valence-electron chi connectivity index (χ1n) is 6.67. The van der Waals surface area contributed by atoms with Crippen molar-refractivity contribution in [2.24, 2.45) is 0 Å². The third-order valence-electron chi connectivity index (χ3n) is 2.95. The largest absolute Gasteiger partial charge is 0.416 e. The van der Waals surface area contributed by atoms with Crippen LogP contribution in [0.1, 0.15) is 22.7 Å². The van der Waals surface area contributed by atoms with Crippen molar-refractivity contribution in [2.45, 2.75) is 17.4 Å². The van der Waals surface area contributed by atoms with Gasteiger partial charge in [0.2, 0.25) is 5.89 Å². The van der Waals surface area contributed by atoms with Gasteiger partial charge in [-0.2, -0.15) is 5.26 Å². The minimum Gasteiger partial charge on any atom is -0.416 e. The van der Waals surface area contributed by atoms with Crippen LogP contribution in [-0.2, 0) is 12.2 Å². The molecule has 0 aliphatic heterocycles. The van der Waals surface area contributed by atoms with Gasteiger partial charge < -0.3 is 4.42 Å². The van der Waals surface area contributed by atoms with Crippen molar-refractivity contribution in [3.05, 3.63) is 71.4 Å². The van der Waals surface area contributed by atoms with Gasteiger partial charge in [-0.15, -0.1) is 10.2 Å². The zero-order chi connectivity index (χ0) is 15.2. The highest BCUT2D eigenvalue weighted by atomic mass is 32.2. The molecule has 0 saturated heterocycles. The Bertz CT molecular complexity index is 778. The molecule has 0 radical (unpaired) electrons. The summed E-state index contributed by atoms with van der Waals surface area (Å²) in [6.45, 7) is 0. The fourth-order valence-electron chi connectivity index (χ4n) is 1.85. The van der Waals surface area contributed by atoms with E-state index in [0.29, 0.717) is 23.1 Å². The molecule has 108 valence electrons. The molecule has 6 heteroatoms. The molecule has 0 N–H and O–H groups in total. The lowest BCUT2D eigenvalue weighted by atomic mass is 10.2. The number of nitriles is 1. The molecular formula is C16H12N4OS. The molecule has 0 saturated carbocycles. The van der Waals surface area contributed by atoms with Crippen LogP contribution >= 0.6 is 11.8 Å². The summed E-state index contributed by atoms with van der Waals surface area (Å²) in [5.41, 5.74) is 2.66. The molecule has 0 atom stereocenters. The molecule has 3 rings (SSSR count). The summed E-state index contributed by atoms with van der Waals surface area (Å²) in [7, 11) is 0. The Hall–Kier alpha value is -2.65. The lowest BCUT2D eigenvalue weighted by Crippen LogP contribution is -1.90. The van der Waals surface area contributed by atoms with E-state index in [1.165, 1.54) is 11.8 Å². The molecule has 0 bridgehead atoms. The summed E-state index contributed by atoms with van der Waals surface area (Å²) >= 11 is 1.47. The summed E-state index contributed by atoms with van der Waals surface area (Å²) in [5, 5.41) is 17.4. The Morgan fingerprint density at radius 1 is 1.09 bits per heavy atom. The molecule has 2 aromatic heterocycles. The van der Waals surface area contributed by atoms with Gasteiger partial charge in [0.15, 0.2) is 0 Å². The predicted octanol–water partition coefficient (Wildman–Crippen LogP) is 3.22. The van der Waals surface area contributed by atoms with Crippen molar-refractivity contribution >= 4 is 11.8 Å². The van der Waals surface area contributed by atoms with E-state index in [-0.39, 0.29) is 0 Å². The van der Waals surface area contributed by atoms with Gasteiger partial charge in [0.25, 0.3) is 5.22 Å². The van der Waals surface area contributed by atoms with Crippen LogP contribution in [0.3, 0.4) is 0 Å². The van der Waals surface area contributed by atoms with Crippen LogP contribution in [0.25, 0.3) is 0 Å². The molecule has 3 aromatic rings. The van der Waals surface area contributed by atoms with E-state index in [0.717, 1.165) is 17.0 Å². The Balaban J connectivity index is 1.58.